The van der Waals surface area contributed by atoms with Gasteiger partial charge in [0.15, 0.2) is 5.43 Å². The number of para-hydroxylation sites is 1. The highest BCUT2D eigenvalue weighted by Crippen LogP contribution is 2.41. The molecule has 0 radical (unpaired) electrons. The van der Waals surface area contributed by atoms with E-state index < -0.39 is 6.04 Å². The first-order valence-electron chi connectivity index (χ1n) is 10.1. The van der Waals surface area contributed by atoms with Gasteiger partial charge in [0.2, 0.25) is 5.76 Å². The molecule has 0 saturated carbocycles. The van der Waals surface area contributed by atoms with Gasteiger partial charge < -0.3 is 9.15 Å². The van der Waals surface area contributed by atoms with E-state index >= 15 is 0 Å². The summed E-state index contributed by atoms with van der Waals surface area (Å²) in [7, 11) is 0. The molecule has 6 heteroatoms. The minimum Gasteiger partial charge on any atom is -0.494 e. The molecule has 3 heterocycles. The first kappa shape index (κ1) is 19.1. The summed E-state index contributed by atoms with van der Waals surface area (Å²) < 4.78 is 11.6. The van der Waals surface area contributed by atoms with Crippen LogP contribution in [-0.2, 0) is 0 Å². The number of ether oxygens (including phenoxy) is 1. The Kier molecular flexibility index (Phi) is 4.55. The Bertz CT molecular complexity index is 1380. The number of aryl methyl sites for hydroxylation is 1. The fraction of sp³-hybridized carbons (Fsp3) is 0.160. The van der Waals surface area contributed by atoms with Gasteiger partial charge in [0.05, 0.1) is 23.6 Å². The molecule has 0 aliphatic carbocycles. The van der Waals surface area contributed by atoms with Gasteiger partial charge >= 0.3 is 0 Å². The molecular weight excluding hydrogens is 392 g/mol. The Hall–Kier alpha value is -3.93. The normalized spacial score (nSPS) is 15.4. The number of amides is 1. The number of carbonyl (C=O) groups is 1. The predicted octanol–water partition coefficient (Wildman–Crippen LogP) is 4.64. The number of fused-ring (bicyclic) bond motifs is 2. The minimum atomic E-state index is -0.668. The van der Waals surface area contributed by atoms with E-state index in [1.165, 1.54) is 4.90 Å². The average Bonchev–Trinajstić information content (AvgIpc) is 3.07. The van der Waals surface area contributed by atoms with E-state index in [4.69, 9.17) is 9.15 Å². The summed E-state index contributed by atoms with van der Waals surface area (Å²) in [6.07, 6.45) is 0. The van der Waals surface area contributed by atoms with Crippen LogP contribution in [0.15, 0.2) is 75.9 Å². The highest BCUT2D eigenvalue weighted by Gasteiger charge is 2.44. The molecule has 1 aliphatic heterocycles. The highest BCUT2D eigenvalue weighted by molar-refractivity contribution is 6.10. The van der Waals surface area contributed by atoms with E-state index in [0.717, 1.165) is 11.3 Å². The van der Waals surface area contributed by atoms with Gasteiger partial charge in [-0.25, -0.2) is 4.98 Å². The van der Waals surface area contributed by atoms with Gasteiger partial charge in [-0.2, -0.15) is 0 Å². The van der Waals surface area contributed by atoms with Gasteiger partial charge in [-0.05, 0) is 55.8 Å². The first-order chi connectivity index (χ1) is 15.1. The first-order valence-corrected chi connectivity index (χ1v) is 10.1. The van der Waals surface area contributed by atoms with Crippen molar-refractivity contribution in [2.45, 2.75) is 19.9 Å². The van der Waals surface area contributed by atoms with Crippen LogP contribution in [0, 0.1) is 6.92 Å². The topological polar surface area (TPSA) is 72.6 Å². The minimum absolute atomic E-state index is 0.0545. The molecule has 2 aromatic carbocycles. The zero-order valence-electron chi connectivity index (χ0n) is 17.2. The molecule has 6 nitrogen and oxygen atoms in total. The SMILES string of the molecule is CCOc1cccc(C2c3c(oc4ccccc4c3=O)C(=O)N2c2cccc(C)n2)c1. The largest absolute Gasteiger partial charge is 0.494 e. The standard InChI is InChI=1S/C25H20N2O4/c1-3-30-17-10-7-9-16(14-17)22-21-23(28)18-11-4-5-12-19(18)31-24(21)25(29)27(22)20-13-6-8-15(2)26-20/h4-14,22H,3H2,1-2H3. The van der Waals surface area contributed by atoms with Crippen LogP contribution in [0.3, 0.4) is 0 Å². The van der Waals surface area contributed by atoms with Crippen LogP contribution in [0.25, 0.3) is 11.0 Å². The van der Waals surface area contributed by atoms with Crippen LogP contribution in [0.1, 0.15) is 40.3 Å². The molecule has 31 heavy (non-hydrogen) atoms. The maximum Gasteiger partial charge on any atom is 0.296 e. The third-order valence-electron chi connectivity index (χ3n) is 5.38. The number of hydrogen-bond donors (Lipinski definition) is 0. The van der Waals surface area contributed by atoms with Crippen molar-refractivity contribution < 1.29 is 13.9 Å². The molecule has 2 aromatic heterocycles. The average molecular weight is 412 g/mol. The number of pyridine rings is 1. The molecule has 0 N–H and O–H groups in total. The van der Waals surface area contributed by atoms with Gasteiger partial charge in [-0.3, -0.25) is 14.5 Å². The second-order valence-corrected chi connectivity index (χ2v) is 7.39. The number of rotatable bonds is 4. The second kappa shape index (κ2) is 7.40. The molecule has 1 unspecified atom stereocenters. The summed E-state index contributed by atoms with van der Waals surface area (Å²) >= 11 is 0. The third kappa shape index (κ3) is 3.08. The summed E-state index contributed by atoms with van der Waals surface area (Å²) in [6, 6.07) is 19.2. The van der Waals surface area contributed by atoms with Crippen molar-refractivity contribution in [1.82, 2.24) is 4.98 Å². The Labute approximate surface area is 178 Å². The van der Waals surface area contributed by atoms with E-state index in [9.17, 15) is 9.59 Å². The fourth-order valence-corrected chi connectivity index (χ4v) is 4.08. The summed E-state index contributed by atoms with van der Waals surface area (Å²) in [5, 5.41) is 0.444. The van der Waals surface area contributed by atoms with Crippen LogP contribution >= 0.6 is 0 Å². The summed E-state index contributed by atoms with van der Waals surface area (Å²) in [5.74, 6) is 0.802. The van der Waals surface area contributed by atoms with Gasteiger partial charge in [0, 0.05) is 5.69 Å². The van der Waals surface area contributed by atoms with Gasteiger partial charge in [0.1, 0.15) is 17.2 Å². The van der Waals surface area contributed by atoms with Crippen LogP contribution < -0.4 is 15.1 Å². The van der Waals surface area contributed by atoms with E-state index in [-0.39, 0.29) is 17.1 Å². The van der Waals surface area contributed by atoms with Gasteiger partial charge in [0.25, 0.3) is 5.91 Å². The Morgan fingerprint density at radius 3 is 2.65 bits per heavy atom. The number of anilines is 1. The number of benzene rings is 2. The van der Waals surface area contributed by atoms with E-state index in [1.54, 1.807) is 30.3 Å². The molecule has 1 aliphatic rings. The van der Waals surface area contributed by atoms with Crippen LogP contribution in [0.5, 0.6) is 5.75 Å². The molecule has 0 saturated heterocycles. The van der Waals surface area contributed by atoms with Crippen molar-refractivity contribution >= 4 is 22.7 Å². The van der Waals surface area contributed by atoms with Crippen molar-refractivity contribution in [3.8, 4) is 5.75 Å². The molecule has 1 atom stereocenters. The highest BCUT2D eigenvalue weighted by atomic mass is 16.5. The van der Waals surface area contributed by atoms with E-state index in [0.29, 0.717) is 34.7 Å². The lowest BCUT2D eigenvalue weighted by Crippen LogP contribution is -2.30. The van der Waals surface area contributed by atoms with Crippen LogP contribution in [0.2, 0.25) is 0 Å². The molecule has 5 rings (SSSR count). The van der Waals surface area contributed by atoms with Crippen LogP contribution in [0.4, 0.5) is 5.82 Å². The van der Waals surface area contributed by atoms with E-state index in [2.05, 4.69) is 4.98 Å². The van der Waals surface area contributed by atoms with E-state index in [1.807, 2.05) is 50.2 Å². The smallest absolute Gasteiger partial charge is 0.296 e. The summed E-state index contributed by atoms with van der Waals surface area (Å²) in [5.41, 5.74) is 2.02. The quantitative estimate of drug-likeness (QED) is 0.488. The number of hydrogen-bond acceptors (Lipinski definition) is 5. The van der Waals surface area contributed by atoms with Gasteiger partial charge in [-0.15, -0.1) is 0 Å². The number of carbonyl (C=O) groups excluding carboxylic acids is 1. The van der Waals surface area contributed by atoms with Crippen molar-refractivity contribution in [3.63, 3.8) is 0 Å². The molecule has 1 amide bonds. The number of nitrogens with zero attached hydrogens (tertiary/aromatic N) is 2. The van der Waals surface area contributed by atoms with Crippen molar-refractivity contribution in [3.05, 3.63) is 99.5 Å². The Morgan fingerprint density at radius 2 is 1.84 bits per heavy atom. The zero-order valence-corrected chi connectivity index (χ0v) is 17.2. The zero-order chi connectivity index (χ0) is 21.5. The maximum atomic E-state index is 13.5. The lowest BCUT2D eigenvalue weighted by molar-refractivity contribution is 0.0970. The molecule has 0 spiro atoms. The summed E-state index contributed by atoms with van der Waals surface area (Å²) in [6.45, 7) is 4.28. The fourth-order valence-electron chi connectivity index (χ4n) is 4.08. The van der Waals surface area contributed by atoms with Gasteiger partial charge in [-0.1, -0.05) is 30.3 Å². The van der Waals surface area contributed by atoms with Crippen molar-refractivity contribution in [1.29, 1.82) is 0 Å². The van der Waals surface area contributed by atoms with Crippen molar-refractivity contribution in [2.24, 2.45) is 0 Å². The molecule has 0 bridgehead atoms. The second-order valence-electron chi connectivity index (χ2n) is 7.39. The molecule has 0 fully saturated rings. The Balaban J connectivity index is 1.80. The Morgan fingerprint density at radius 1 is 1.03 bits per heavy atom. The lowest BCUT2D eigenvalue weighted by atomic mass is 9.98. The lowest BCUT2D eigenvalue weighted by Gasteiger charge is -2.24. The predicted molar refractivity (Wildman–Crippen MR) is 118 cm³/mol. The summed E-state index contributed by atoms with van der Waals surface area (Å²) in [4.78, 5) is 33.1. The van der Waals surface area contributed by atoms with Crippen molar-refractivity contribution in [2.75, 3.05) is 11.5 Å². The monoisotopic (exact) mass is 412 g/mol. The molecular formula is C25H20N2O4. The number of aromatic nitrogens is 1. The maximum absolute atomic E-state index is 13.5. The molecule has 4 aromatic rings. The molecule has 154 valence electrons. The third-order valence-corrected chi connectivity index (χ3v) is 5.38. The van der Waals surface area contributed by atoms with Crippen LogP contribution in [-0.4, -0.2) is 17.5 Å².